The zero-order chi connectivity index (χ0) is 26.6. The van der Waals surface area contributed by atoms with E-state index in [0.717, 1.165) is 10.8 Å². The van der Waals surface area contributed by atoms with E-state index in [4.69, 9.17) is 9.57 Å². The minimum Gasteiger partial charge on any atom is -0.481 e. The number of carboxylic acid groups (broad SMARTS) is 1. The number of oxime groups is 1. The number of benzene rings is 1. The quantitative estimate of drug-likeness (QED) is 0.404. The fourth-order valence-electron chi connectivity index (χ4n) is 4.22. The molecule has 0 spiro atoms. The zero-order valence-corrected chi connectivity index (χ0v) is 20.9. The van der Waals surface area contributed by atoms with Crippen LogP contribution in [0.4, 0.5) is 0 Å². The second-order valence-corrected chi connectivity index (χ2v) is 9.26. The molecule has 3 aromatic rings. The van der Waals surface area contributed by atoms with Gasteiger partial charge >= 0.3 is 11.8 Å². The van der Waals surface area contributed by atoms with Crippen molar-refractivity contribution in [1.82, 2.24) is 10.3 Å². The molecular weight excluding hydrogens is 476 g/mol. The third-order valence-electron chi connectivity index (χ3n) is 6.46. The first-order valence-electron chi connectivity index (χ1n) is 11.9. The zero-order valence-electron chi connectivity index (χ0n) is 20.9. The number of ether oxygens (including phenoxy) is 1. The van der Waals surface area contributed by atoms with Gasteiger partial charge in [0, 0.05) is 30.0 Å². The van der Waals surface area contributed by atoms with Gasteiger partial charge in [0.05, 0.1) is 18.2 Å². The Hall–Kier alpha value is -4.34. The predicted octanol–water partition coefficient (Wildman–Crippen LogP) is 2.19. The number of nitrogens with one attached hydrogen (secondary N) is 1. The van der Waals surface area contributed by atoms with Crippen LogP contribution in [0.1, 0.15) is 32.4 Å². The summed E-state index contributed by atoms with van der Waals surface area (Å²) in [5.74, 6) is -2.34. The molecule has 1 aliphatic rings. The molecule has 0 fully saturated rings. The lowest BCUT2D eigenvalue weighted by molar-refractivity contribution is -0.677. The Morgan fingerprint density at radius 2 is 1.92 bits per heavy atom. The summed E-state index contributed by atoms with van der Waals surface area (Å²) in [6.07, 6.45) is 2.94. The van der Waals surface area contributed by atoms with E-state index in [-0.39, 0.29) is 12.3 Å². The molecular formula is C27H29N4O6+. The topological polar surface area (TPSA) is 131 Å². The smallest absolute Gasteiger partial charge is 0.367 e. The van der Waals surface area contributed by atoms with Crippen LogP contribution in [0.25, 0.3) is 10.8 Å². The number of ketones is 1. The Kier molecular flexibility index (Phi) is 7.47. The van der Waals surface area contributed by atoms with Gasteiger partial charge in [0.15, 0.2) is 18.6 Å². The minimum atomic E-state index is -1.43. The Morgan fingerprint density at radius 1 is 1.16 bits per heavy atom. The number of amides is 1. The van der Waals surface area contributed by atoms with Crippen LogP contribution < -0.4 is 14.6 Å². The van der Waals surface area contributed by atoms with E-state index >= 15 is 0 Å². The number of fused-ring (bicyclic) bond motifs is 1. The van der Waals surface area contributed by atoms with Crippen LogP contribution in [-0.4, -0.2) is 51.7 Å². The number of rotatable bonds is 10. The first-order valence-corrected chi connectivity index (χ1v) is 11.9. The molecule has 10 heteroatoms. The fraction of sp³-hybridized carbons (Fsp3) is 0.333. The predicted molar refractivity (Wildman–Crippen MR) is 134 cm³/mol. The number of aryl methyl sites for hydroxylation is 1. The van der Waals surface area contributed by atoms with Crippen LogP contribution in [-0.2, 0) is 26.3 Å². The summed E-state index contributed by atoms with van der Waals surface area (Å²) < 4.78 is 7.24. The van der Waals surface area contributed by atoms with Crippen molar-refractivity contribution in [3.8, 4) is 5.88 Å². The monoisotopic (exact) mass is 505 g/mol. The lowest BCUT2D eigenvalue weighted by Gasteiger charge is -2.30. The summed E-state index contributed by atoms with van der Waals surface area (Å²) in [5.41, 5.74) is -0.324. The highest BCUT2D eigenvalue weighted by atomic mass is 16.7. The third-order valence-corrected chi connectivity index (χ3v) is 6.46. The molecule has 0 bridgehead atoms. The SMILES string of the molecule is CC(C)[C@@]1(C(=O)N[C@@H](CC(=O)O)C(=O)COc2cccc[n+]2C)CC(c2nccc3ccccc23)=NO1. The molecule has 2 N–H and O–H groups in total. The van der Waals surface area contributed by atoms with Crippen molar-refractivity contribution in [3.05, 3.63) is 66.6 Å². The third kappa shape index (κ3) is 5.42. The summed E-state index contributed by atoms with van der Waals surface area (Å²) in [4.78, 5) is 48.2. The second-order valence-electron chi connectivity index (χ2n) is 9.26. The fourth-order valence-corrected chi connectivity index (χ4v) is 4.22. The molecule has 2 aromatic heterocycles. The number of aromatic nitrogens is 2. The number of carboxylic acids is 1. The minimum absolute atomic E-state index is 0.113. The van der Waals surface area contributed by atoms with Gasteiger partial charge in [-0.25, -0.2) is 0 Å². The molecule has 1 aromatic carbocycles. The number of hydrogen-bond donors (Lipinski definition) is 2. The average Bonchev–Trinajstić information content (AvgIpc) is 3.34. The maximum atomic E-state index is 13.6. The Bertz CT molecular complexity index is 1370. The summed E-state index contributed by atoms with van der Waals surface area (Å²) in [6.45, 7) is 3.20. The van der Waals surface area contributed by atoms with Gasteiger partial charge in [-0.2, -0.15) is 4.57 Å². The largest absolute Gasteiger partial charge is 0.481 e. The molecule has 10 nitrogen and oxygen atoms in total. The highest BCUT2D eigenvalue weighted by Gasteiger charge is 2.51. The van der Waals surface area contributed by atoms with Gasteiger partial charge in [0.2, 0.25) is 5.60 Å². The highest BCUT2D eigenvalue weighted by Crippen LogP contribution is 2.35. The molecule has 1 aliphatic heterocycles. The van der Waals surface area contributed by atoms with Gasteiger partial charge in [-0.1, -0.05) is 43.3 Å². The Morgan fingerprint density at radius 3 is 2.65 bits per heavy atom. The van der Waals surface area contributed by atoms with E-state index in [1.165, 1.54) is 0 Å². The van der Waals surface area contributed by atoms with Crippen molar-refractivity contribution in [2.75, 3.05) is 6.61 Å². The molecule has 0 saturated carbocycles. The van der Waals surface area contributed by atoms with E-state index in [2.05, 4.69) is 15.5 Å². The Labute approximate surface area is 213 Å². The molecule has 2 atom stereocenters. The standard InChI is InChI=1S/C27H28N4O6/c1-17(2)27(15-21(30-37-27)25-19-9-5-4-8-18(19)11-12-28-25)26(35)29-20(14-24(33)34)22(32)16-36-23-10-6-7-13-31(23)3/h4-13,17,20H,14-16H2,1-3H3,(H-,29,33,34,35)/p+1/t20-,27+/m0/s1. The van der Waals surface area contributed by atoms with Crippen molar-refractivity contribution in [2.45, 2.75) is 38.3 Å². The lowest BCUT2D eigenvalue weighted by Crippen LogP contribution is -2.56. The van der Waals surface area contributed by atoms with Crippen molar-refractivity contribution in [3.63, 3.8) is 0 Å². The molecule has 0 radical (unpaired) electrons. The molecule has 192 valence electrons. The highest BCUT2D eigenvalue weighted by molar-refractivity contribution is 6.12. The molecule has 37 heavy (non-hydrogen) atoms. The maximum absolute atomic E-state index is 13.6. The van der Waals surface area contributed by atoms with Gasteiger partial charge < -0.3 is 20.0 Å². The van der Waals surface area contributed by atoms with E-state index in [1.54, 1.807) is 56.1 Å². The van der Waals surface area contributed by atoms with Crippen LogP contribution in [0, 0.1) is 5.92 Å². The number of carbonyl (C=O) groups is 3. The van der Waals surface area contributed by atoms with Crippen molar-refractivity contribution in [2.24, 2.45) is 18.1 Å². The molecule has 4 rings (SSSR count). The summed E-state index contributed by atoms with van der Waals surface area (Å²) in [5, 5.41) is 18.1. The van der Waals surface area contributed by atoms with Crippen molar-refractivity contribution in [1.29, 1.82) is 0 Å². The van der Waals surface area contributed by atoms with Crippen LogP contribution in [0.3, 0.4) is 0 Å². The molecule has 0 aliphatic carbocycles. The first-order chi connectivity index (χ1) is 17.7. The second kappa shape index (κ2) is 10.7. The summed E-state index contributed by atoms with van der Waals surface area (Å²) in [6, 6.07) is 13.5. The Balaban J connectivity index is 1.52. The molecule has 1 amide bonds. The van der Waals surface area contributed by atoms with E-state index in [1.807, 2.05) is 30.3 Å². The van der Waals surface area contributed by atoms with E-state index in [0.29, 0.717) is 17.3 Å². The van der Waals surface area contributed by atoms with Crippen LogP contribution >= 0.6 is 0 Å². The van der Waals surface area contributed by atoms with Crippen LogP contribution in [0.2, 0.25) is 0 Å². The maximum Gasteiger partial charge on any atom is 0.367 e. The van der Waals surface area contributed by atoms with Gasteiger partial charge in [0.25, 0.3) is 5.91 Å². The number of pyridine rings is 2. The van der Waals surface area contributed by atoms with Crippen molar-refractivity contribution < 1.29 is 33.6 Å². The number of Topliss-reactive ketones (excluding diaryl/α,β-unsaturated/α-hetero) is 1. The van der Waals surface area contributed by atoms with Gasteiger partial charge in [-0.15, -0.1) is 0 Å². The molecule has 0 unspecified atom stereocenters. The lowest BCUT2D eigenvalue weighted by atomic mass is 9.83. The van der Waals surface area contributed by atoms with Crippen LogP contribution in [0.5, 0.6) is 5.88 Å². The van der Waals surface area contributed by atoms with Crippen LogP contribution in [0.15, 0.2) is 66.1 Å². The molecule has 0 saturated heterocycles. The summed E-state index contributed by atoms with van der Waals surface area (Å²) >= 11 is 0. The van der Waals surface area contributed by atoms with E-state index in [9.17, 15) is 19.5 Å². The number of carbonyl (C=O) groups excluding carboxylic acids is 2. The first kappa shape index (κ1) is 25.7. The van der Waals surface area contributed by atoms with Crippen molar-refractivity contribution >= 4 is 34.1 Å². The summed E-state index contributed by atoms with van der Waals surface area (Å²) in [7, 11) is 1.75. The molecule has 3 heterocycles. The average molecular weight is 506 g/mol. The number of hydrogen-bond acceptors (Lipinski definition) is 7. The van der Waals surface area contributed by atoms with Gasteiger partial charge in [-0.05, 0) is 17.5 Å². The van der Waals surface area contributed by atoms with Gasteiger partial charge in [-0.3, -0.25) is 19.4 Å². The van der Waals surface area contributed by atoms with Gasteiger partial charge in [0.1, 0.15) is 18.8 Å². The van der Waals surface area contributed by atoms with E-state index < -0.39 is 42.3 Å². The number of aliphatic carboxylic acids is 1. The number of nitrogens with zero attached hydrogens (tertiary/aromatic N) is 3. The normalized spacial score (nSPS) is 17.7.